The Balaban J connectivity index is 1.98. The first-order valence-corrected chi connectivity index (χ1v) is 12.0. The largest absolute Gasteiger partial charge is 0.268 e. The Kier molecular flexibility index (Phi) is 4.80. The van der Waals surface area contributed by atoms with E-state index in [4.69, 9.17) is 5.14 Å². The van der Waals surface area contributed by atoms with Gasteiger partial charge in [-0.05, 0) is 49.4 Å². The Morgan fingerprint density at radius 3 is 1.77 bits per heavy atom. The van der Waals surface area contributed by atoms with Gasteiger partial charge >= 0.3 is 0 Å². The molecule has 0 aromatic heterocycles. The van der Waals surface area contributed by atoms with E-state index in [1.165, 1.54) is 24.3 Å². The number of rotatable bonds is 4. The van der Waals surface area contributed by atoms with Crippen LogP contribution in [0, 0.1) is 6.92 Å². The molecule has 0 fully saturated rings. The van der Waals surface area contributed by atoms with E-state index in [1.807, 2.05) is 0 Å². The SMILES string of the molecule is Cc1ccc(S(=O)(=O)c2ccc(S(N)(=O)=O)cc2N2C(=O)c3ccccc3C2=O)cc1. The molecule has 1 heterocycles. The van der Waals surface area contributed by atoms with Gasteiger partial charge in [0.15, 0.2) is 0 Å². The Bertz CT molecular complexity index is 1420. The average Bonchev–Trinajstić information content (AvgIpc) is 2.98. The molecule has 0 atom stereocenters. The van der Waals surface area contributed by atoms with Gasteiger partial charge in [0.1, 0.15) is 0 Å². The van der Waals surface area contributed by atoms with Crippen molar-refractivity contribution < 1.29 is 26.4 Å². The number of imide groups is 1. The quantitative estimate of drug-likeness (QED) is 0.599. The van der Waals surface area contributed by atoms with E-state index in [1.54, 1.807) is 31.2 Å². The van der Waals surface area contributed by atoms with Crippen molar-refractivity contribution >= 4 is 37.4 Å². The summed E-state index contributed by atoms with van der Waals surface area (Å²) in [7, 11) is -8.44. The molecule has 3 aromatic rings. The molecule has 0 spiro atoms. The van der Waals surface area contributed by atoms with E-state index in [9.17, 15) is 26.4 Å². The van der Waals surface area contributed by atoms with Crippen LogP contribution in [0.15, 0.2) is 81.4 Å². The maximum absolute atomic E-state index is 13.3. The Morgan fingerprint density at radius 2 is 1.26 bits per heavy atom. The van der Waals surface area contributed by atoms with E-state index in [-0.39, 0.29) is 21.7 Å². The van der Waals surface area contributed by atoms with Crippen molar-refractivity contribution in [1.82, 2.24) is 0 Å². The minimum absolute atomic E-state index is 0.0701. The van der Waals surface area contributed by atoms with E-state index >= 15 is 0 Å². The fraction of sp³-hybridized carbons (Fsp3) is 0.0476. The van der Waals surface area contributed by atoms with Gasteiger partial charge in [0.2, 0.25) is 19.9 Å². The molecule has 2 amide bonds. The average molecular weight is 457 g/mol. The molecule has 31 heavy (non-hydrogen) atoms. The van der Waals surface area contributed by atoms with E-state index in [2.05, 4.69) is 0 Å². The van der Waals surface area contributed by atoms with Gasteiger partial charge < -0.3 is 0 Å². The summed E-state index contributed by atoms with van der Waals surface area (Å²) >= 11 is 0. The predicted octanol–water partition coefficient (Wildman–Crippen LogP) is 2.28. The second-order valence-electron chi connectivity index (χ2n) is 6.98. The van der Waals surface area contributed by atoms with Crippen molar-refractivity contribution in [3.63, 3.8) is 0 Å². The number of sulfonamides is 1. The molecule has 10 heteroatoms. The zero-order chi connectivity index (χ0) is 22.6. The minimum Gasteiger partial charge on any atom is -0.268 e. The second kappa shape index (κ2) is 7.12. The van der Waals surface area contributed by atoms with Gasteiger partial charge in [0, 0.05) is 0 Å². The van der Waals surface area contributed by atoms with Crippen molar-refractivity contribution in [1.29, 1.82) is 0 Å². The number of primary sulfonamides is 1. The zero-order valence-electron chi connectivity index (χ0n) is 16.1. The van der Waals surface area contributed by atoms with Crippen molar-refractivity contribution in [3.05, 3.63) is 83.4 Å². The highest BCUT2D eigenvalue weighted by molar-refractivity contribution is 7.91. The molecule has 0 saturated heterocycles. The maximum Gasteiger partial charge on any atom is 0.266 e. The van der Waals surface area contributed by atoms with Crippen molar-refractivity contribution in [2.24, 2.45) is 5.14 Å². The van der Waals surface area contributed by atoms with Crippen molar-refractivity contribution in [3.8, 4) is 0 Å². The first-order chi connectivity index (χ1) is 14.5. The first-order valence-electron chi connectivity index (χ1n) is 8.98. The standard InChI is InChI=1S/C21H16N2O6S2/c1-13-6-8-14(9-7-13)30(26,27)19-11-10-15(31(22,28)29)12-18(19)23-20(24)16-4-2-3-5-17(16)21(23)25/h2-12H,1H3,(H2,22,28,29). The van der Waals surface area contributed by atoms with Crippen molar-refractivity contribution in [2.75, 3.05) is 4.90 Å². The monoisotopic (exact) mass is 456 g/mol. The number of hydrogen-bond acceptors (Lipinski definition) is 6. The molecule has 0 saturated carbocycles. The number of aryl methyl sites for hydroxylation is 1. The number of nitrogens with zero attached hydrogens (tertiary/aromatic N) is 1. The van der Waals surface area contributed by atoms with Gasteiger partial charge in [-0.3, -0.25) is 9.59 Å². The number of nitrogens with two attached hydrogens (primary N) is 1. The molecule has 1 aliphatic rings. The fourth-order valence-corrected chi connectivity index (χ4v) is 5.28. The smallest absolute Gasteiger partial charge is 0.266 e. The van der Waals surface area contributed by atoms with E-state index in [0.29, 0.717) is 4.90 Å². The number of amides is 2. The van der Waals surface area contributed by atoms with Crippen LogP contribution in [0.1, 0.15) is 26.3 Å². The number of hydrogen-bond donors (Lipinski definition) is 1. The molecule has 0 bridgehead atoms. The third-order valence-electron chi connectivity index (χ3n) is 4.91. The highest BCUT2D eigenvalue weighted by atomic mass is 32.2. The summed E-state index contributed by atoms with van der Waals surface area (Å²) in [4.78, 5) is 25.7. The highest BCUT2D eigenvalue weighted by Gasteiger charge is 2.39. The fourth-order valence-electron chi connectivity index (χ4n) is 3.33. The molecule has 4 rings (SSSR count). The number of carbonyl (C=O) groups is 2. The number of anilines is 1. The lowest BCUT2D eigenvalue weighted by Gasteiger charge is -2.19. The summed E-state index contributed by atoms with van der Waals surface area (Å²) in [5.74, 6) is -1.51. The Morgan fingerprint density at radius 1 is 0.742 bits per heavy atom. The van der Waals surface area contributed by atoms with Crippen LogP contribution >= 0.6 is 0 Å². The predicted molar refractivity (Wildman–Crippen MR) is 112 cm³/mol. The van der Waals surface area contributed by atoms with E-state index < -0.39 is 41.5 Å². The van der Waals surface area contributed by atoms with Crippen LogP contribution in [0.2, 0.25) is 0 Å². The van der Waals surface area contributed by atoms with E-state index in [0.717, 1.165) is 23.8 Å². The Labute approximate surface area is 178 Å². The van der Waals surface area contributed by atoms with Gasteiger partial charge in [-0.25, -0.2) is 26.9 Å². The molecule has 0 radical (unpaired) electrons. The number of benzene rings is 3. The molecule has 158 valence electrons. The van der Waals surface area contributed by atoms with Crippen LogP contribution < -0.4 is 10.0 Å². The maximum atomic E-state index is 13.3. The van der Waals surface area contributed by atoms with Crippen LogP contribution in [-0.4, -0.2) is 28.6 Å². The highest BCUT2D eigenvalue weighted by Crippen LogP contribution is 2.36. The van der Waals surface area contributed by atoms with Crippen LogP contribution in [0.4, 0.5) is 5.69 Å². The molecule has 0 aliphatic carbocycles. The minimum atomic E-state index is -4.23. The van der Waals surface area contributed by atoms with Gasteiger partial charge in [-0.1, -0.05) is 29.8 Å². The molecular formula is C21H16N2O6S2. The van der Waals surface area contributed by atoms with Gasteiger partial charge in [-0.15, -0.1) is 0 Å². The van der Waals surface area contributed by atoms with Gasteiger partial charge in [0.05, 0.1) is 31.5 Å². The summed E-state index contributed by atoms with van der Waals surface area (Å²) in [5.41, 5.74) is 0.641. The summed E-state index contributed by atoms with van der Waals surface area (Å²) in [6.45, 7) is 1.79. The van der Waals surface area contributed by atoms with Gasteiger partial charge in [-0.2, -0.15) is 0 Å². The molecule has 8 nitrogen and oxygen atoms in total. The number of fused-ring (bicyclic) bond motifs is 1. The normalized spacial score (nSPS) is 14.1. The van der Waals surface area contributed by atoms with Gasteiger partial charge in [0.25, 0.3) is 11.8 Å². The molecular weight excluding hydrogens is 440 g/mol. The third-order valence-corrected chi connectivity index (χ3v) is 7.64. The summed E-state index contributed by atoms with van der Waals surface area (Å²) in [6, 6.07) is 15.0. The topological polar surface area (TPSA) is 132 Å². The summed E-state index contributed by atoms with van der Waals surface area (Å²) in [5, 5.41) is 5.20. The molecule has 3 aromatic carbocycles. The molecule has 0 unspecified atom stereocenters. The lowest BCUT2D eigenvalue weighted by Crippen LogP contribution is -2.31. The van der Waals surface area contributed by atoms with Crippen LogP contribution in [0.25, 0.3) is 0 Å². The second-order valence-corrected chi connectivity index (χ2v) is 10.5. The Hall–Kier alpha value is -3.34. The number of sulfone groups is 1. The van der Waals surface area contributed by atoms with Crippen LogP contribution in [-0.2, 0) is 19.9 Å². The van der Waals surface area contributed by atoms with Crippen molar-refractivity contribution in [2.45, 2.75) is 21.6 Å². The number of carbonyl (C=O) groups excluding carboxylic acids is 2. The third kappa shape index (κ3) is 3.44. The molecule has 1 aliphatic heterocycles. The first kappa shape index (κ1) is 20.9. The lowest BCUT2D eigenvalue weighted by molar-refractivity contribution is 0.0925. The lowest BCUT2D eigenvalue weighted by atomic mass is 10.1. The summed E-state index contributed by atoms with van der Waals surface area (Å²) < 4.78 is 50.5. The van der Waals surface area contributed by atoms with Crippen LogP contribution in [0.5, 0.6) is 0 Å². The summed E-state index contributed by atoms with van der Waals surface area (Å²) in [6.07, 6.45) is 0. The molecule has 2 N–H and O–H groups in total. The zero-order valence-corrected chi connectivity index (χ0v) is 17.8. The van der Waals surface area contributed by atoms with Crippen LogP contribution in [0.3, 0.4) is 0 Å².